The normalized spacial score (nSPS) is 12.9. The molecule has 1 aliphatic carbocycles. The Morgan fingerprint density at radius 2 is 1.37 bits per heavy atom. The Balaban J connectivity index is 0.000000218. The molecule has 0 atom stereocenters. The standard InChI is InChI=1S/C23H24GeN.C11H8N.Ir/c1-23(2)18-14-15-25-22(16-10-7-6-8-11-16)20(18)17-12-9-13-19(21(17)23)24(3,4)5;1-2-6-10(7-3-1)11-8-4-5-9-12-11;/h6-10,12-15H,1-5H3;1-6,8-9H;/q2*-1;. The van der Waals surface area contributed by atoms with E-state index in [0.717, 1.165) is 22.5 Å². The first-order valence-electron chi connectivity index (χ1n) is 12.8. The zero-order chi connectivity index (χ0) is 26.0. The molecule has 3 aromatic carbocycles. The second kappa shape index (κ2) is 11.5. The number of rotatable bonds is 3. The van der Waals surface area contributed by atoms with Crippen LogP contribution in [0.15, 0.2) is 103 Å². The van der Waals surface area contributed by atoms with Crippen molar-refractivity contribution in [2.45, 2.75) is 36.5 Å². The zero-order valence-corrected chi connectivity index (χ0v) is 27.0. The number of hydrogen-bond donors (Lipinski definition) is 0. The van der Waals surface area contributed by atoms with E-state index in [2.05, 4.69) is 84.6 Å². The molecule has 193 valence electrons. The van der Waals surface area contributed by atoms with Gasteiger partial charge >= 0.3 is 153 Å². The van der Waals surface area contributed by atoms with Crippen LogP contribution in [0.3, 0.4) is 0 Å². The van der Waals surface area contributed by atoms with Crippen LogP contribution in [-0.4, -0.2) is 23.2 Å². The first-order chi connectivity index (χ1) is 17.8. The smallest absolute Gasteiger partial charge is 0.0160 e. The van der Waals surface area contributed by atoms with Gasteiger partial charge in [-0.15, -0.1) is 35.9 Å². The van der Waals surface area contributed by atoms with Crippen LogP contribution in [0.2, 0.25) is 17.3 Å². The second-order valence-corrected chi connectivity index (χ2v) is 21.5. The van der Waals surface area contributed by atoms with Crippen LogP contribution in [-0.2, 0) is 25.5 Å². The molecule has 0 aliphatic heterocycles. The molecule has 2 aromatic heterocycles. The Morgan fingerprint density at radius 1 is 0.684 bits per heavy atom. The maximum atomic E-state index is 4.76. The van der Waals surface area contributed by atoms with Gasteiger partial charge in [0, 0.05) is 26.3 Å². The molecule has 2 heterocycles. The van der Waals surface area contributed by atoms with Crippen LogP contribution in [0.25, 0.3) is 33.6 Å². The summed E-state index contributed by atoms with van der Waals surface area (Å²) in [5.74, 6) is 7.45. The van der Waals surface area contributed by atoms with Crippen molar-refractivity contribution in [1.29, 1.82) is 0 Å². The van der Waals surface area contributed by atoms with E-state index >= 15 is 0 Å². The molecular weight excluding hydrogens is 701 g/mol. The Bertz CT molecular complexity index is 1470. The van der Waals surface area contributed by atoms with Crippen LogP contribution in [0.1, 0.15) is 25.0 Å². The number of hydrogen-bond acceptors (Lipinski definition) is 2. The molecule has 5 aromatic rings. The summed E-state index contributed by atoms with van der Waals surface area (Å²) >= 11 is -1.99. The number of pyridine rings is 2. The number of nitrogens with zero attached hydrogens (tertiary/aromatic N) is 2. The van der Waals surface area contributed by atoms with E-state index in [1.807, 2.05) is 60.8 Å². The summed E-state index contributed by atoms with van der Waals surface area (Å²) in [6, 6.07) is 37.4. The largest absolute Gasteiger partial charge is 0.305 e. The van der Waals surface area contributed by atoms with Crippen molar-refractivity contribution in [2.24, 2.45) is 0 Å². The SMILES string of the molecule is CC1(C)c2ccnc(-c3[c-]cccc3)c2-c2ccc[c]([Ge]([CH3])([CH3])[CH3])c21.[Ir].[c-]1ccccc1-c1ccccn1. The minimum Gasteiger partial charge on any atom is -0.305 e. The van der Waals surface area contributed by atoms with Gasteiger partial charge in [0.2, 0.25) is 0 Å². The van der Waals surface area contributed by atoms with Gasteiger partial charge in [-0.05, 0) is 11.8 Å². The van der Waals surface area contributed by atoms with Crippen molar-refractivity contribution in [3.63, 3.8) is 0 Å². The summed E-state index contributed by atoms with van der Waals surface area (Å²) in [5.41, 5.74) is 9.76. The molecular formula is C34H32GeIrN2-2. The van der Waals surface area contributed by atoms with Crippen LogP contribution in [0.5, 0.6) is 0 Å². The van der Waals surface area contributed by atoms with Crippen LogP contribution in [0.4, 0.5) is 0 Å². The van der Waals surface area contributed by atoms with Crippen LogP contribution in [0, 0.1) is 12.1 Å². The summed E-state index contributed by atoms with van der Waals surface area (Å²) in [4.78, 5) is 8.98. The Labute approximate surface area is 243 Å². The fourth-order valence-electron chi connectivity index (χ4n) is 5.27. The third-order valence-electron chi connectivity index (χ3n) is 7.01. The molecule has 4 heteroatoms. The molecule has 2 nitrogen and oxygen atoms in total. The molecule has 0 N–H and O–H groups in total. The van der Waals surface area contributed by atoms with Crippen molar-refractivity contribution in [3.05, 3.63) is 127 Å². The van der Waals surface area contributed by atoms with Crippen LogP contribution >= 0.6 is 0 Å². The van der Waals surface area contributed by atoms with E-state index in [4.69, 9.17) is 4.98 Å². The van der Waals surface area contributed by atoms with Gasteiger partial charge in [0.25, 0.3) is 0 Å². The molecule has 0 amide bonds. The molecule has 0 saturated carbocycles. The van der Waals surface area contributed by atoms with Crippen molar-refractivity contribution in [1.82, 2.24) is 9.97 Å². The zero-order valence-electron chi connectivity index (χ0n) is 22.5. The second-order valence-electron chi connectivity index (χ2n) is 11.0. The predicted octanol–water partition coefficient (Wildman–Crippen LogP) is 7.95. The molecule has 0 fully saturated rings. The summed E-state index contributed by atoms with van der Waals surface area (Å²) in [6.07, 6.45) is 3.75. The summed E-state index contributed by atoms with van der Waals surface area (Å²) < 4.78 is 1.61. The van der Waals surface area contributed by atoms with E-state index in [1.54, 1.807) is 10.6 Å². The van der Waals surface area contributed by atoms with E-state index in [-0.39, 0.29) is 25.5 Å². The number of aromatic nitrogens is 2. The third kappa shape index (κ3) is 5.47. The van der Waals surface area contributed by atoms with E-state index in [1.165, 1.54) is 22.3 Å². The molecule has 6 rings (SSSR count). The minimum atomic E-state index is -1.99. The summed E-state index contributed by atoms with van der Waals surface area (Å²) in [5, 5.41) is 0. The fourth-order valence-corrected chi connectivity index (χ4v) is 9.03. The first kappa shape index (κ1) is 28.2. The summed E-state index contributed by atoms with van der Waals surface area (Å²) in [7, 11) is 0. The van der Waals surface area contributed by atoms with Crippen LogP contribution < -0.4 is 4.40 Å². The van der Waals surface area contributed by atoms with Gasteiger partial charge in [-0.2, -0.15) is 0 Å². The average Bonchev–Trinajstić information content (AvgIpc) is 3.17. The minimum absolute atomic E-state index is 0. The Kier molecular flexibility index (Phi) is 8.52. The molecule has 38 heavy (non-hydrogen) atoms. The molecule has 0 unspecified atom stereocenters. The topological polar surface area (TPSA) is 25.8 Å². The predicted molar refractivity (Wildman–Crippen MR) is 158 cm³/mol. The Hall–Kier alpha value is -2.85. The van der Waals surface area contributed by atoms with Gasteiger partial charge in [-0.1, -0.05) is 12.1 Å². The van der Waals surface area contributed by atoms with Gasteiger partial charge in [0.1, 0.15) is 0 Å². The van der Waals surface area contributed by atoms with E-state index in [0.29, 0.717) is 0 Å². The first-order valence-corrected chi connectivity index (χ1v) is 20.1. The van der Waals surface area contributed by atoms with E-state index < -0.39 is 13.3 Å². The van der Waals surface area contributed by atoms with Crippen molar-refractivity contribution >= 4 is 17.7 Å². The van der Waals surface area contributed by atoms with Crippen molar-refractivity contribution in [3.8, 4) is 33.6 Å². The monoisotopic (exact) mass is 735 g/mol. The quantitative estimate of drug-likeness (QED) is 0.139. The van der Waals surface area contributed by atoms with Gasteiger partial charge in [-0.25, -0.2) is 0 Å². The van der Waals surface area contributed by atoms with E-state index in [9.17, 15) is 0 Å². The molecule has 0 bridgehead atoms. The Morgan fingerprint density at radius 3 is 1.97 bits per heavy atom. The molecule has 1 aliphatic rings. The summed E-state index contributed by atoms with van der Waals surface area (Å²) in [6.45, 7) is 4.74. The van der Waals surface area contributed by atoms with Crippen molar-refractivity contribution in [2.75, 3.05) is 0 Å². The molecule has 1 radical (unpaired) electrons. The maximum Gasteiger partial charge on any atom is 0.0160 e. The maximum absolute atomic E-state index is 4.76. The fraction of sp³-hybridized carbons (Fsp3) is 0.176. The van der Waals surface area contributed by atoms with Gasteiger partial charge in [-0.3, -0.25) is 0 Å². The molecule has 0 saturated heterocycles. The van der Waals surface area contributed by atoms with Gasteiger partial charge in [0.05, 0.1) is 0 Å². The number of benzene rings is 3. The average molecular weight is 733 g/mol. The third-order valence-corrected chi connectivity index (χ3v) is 11.3. The molecule has 0 spiro atoms. The van der Waals surface area contributed by atoms with Crippen molar-refractivity contribution < 1.29 is 20.1 Å². The van der Waals surface area contributed by atoms with Gasteiger partial charge in [0.15, 0.2) is 0 Å². The number of fused-ring (bicyclic) bond motifs is 3. The van der Waals surface area contributed by atoms with Gasteiger partial charge < -0.3 is 4.98 Å².